The van der Waals surface area contributed by atoms with Gasteiger partial charge in [0.2, 0.25) is 12.3 Å². The maximum Gasteiger partial charge on any atom is 0.231 e. The second-order valence-electron chi connectivity index (χ2n) is 9.84. The van der Waals surface area contributed by atoms with E-state index in [0.29, 0.717) is 36.1 Å². The number of allylic oxidation sites excluding steroid dienone is 4. The van der Waals surface area contributed by atoms with Crippen LogP contribution in [0.5, 0.6) is 5.75 Å². The van der Waals surface area contributed by atoms with E-state index in [1.807, 2.05) is 0 Å². The quantitative estimate of drug-likeness (QED) is 0.233. The van der Waals surface area contributed by atoms with Gasteiger partial charge < -0.3 is 19.9 Å². The third-order valence-electron chi connectivity index (χ3n) is 6.77. The number of carbonyl (C=O) groups excluding carboxylic acids is 2. The van der Waals surface area contributed by atoms with Crippen LogP contribution in [0, 0.1) is 29.4 Å². The van der Waals surface area contributed by atoms with Crippen LogP contribution in [0.15, 0.2) is 72.1 Å². The molecule has 2 aromatic carbocycles. The molecule has 2 amide bonds. The highest BCUT2D eigenvalue weighted by Gasteiger charge is 2.42. The van der Waals surface area contributed by atoms with E-state index < -0.39 is 41.0 Å². The zero-order valence-corrected chi connectivity index (χ0v) is 24.3. The number of hydrogen-bond acceptors (Lipinski definition) is 4. The fourth-order valence-corrected chi connectivity index (χ4v) is 4.82. The van der Waals surface area contributed by atoms with Crippen LogP contribution in [-0.2, 0) is 9.59 Å². The number of nitrogens with one attached hydrogen (secondary N) is 1. The first-order chi connectivity index (χ1) is 19.5. The molecule has 2 aromatic rings. The third kappa shape index (κ3) is 9.38. The summed E-state index contributed by atoms with van der Waals surface area (Å²) in [5, 5.41) is 3.37. The minimum atomic E-state index is -0.909. The van der Waals surface area contributed by atoms with Crippen LogP contribution < -0.4 is 15.0 Å². The van der Waals surface area contributed by atoms with Crippen molar-refractivity contribution in [3.05, 3.63) is 88.7 Å². The molecule has 0 aromatic heterocycles. The lowest BCUT2D eigenvalue weighted by atomic mass is 9.93. The van der Waals surface area contributed by atoms with E-state index in [9.17, 15) is 22.8 Å². The fourth-order valence-electron chi connectivity index (χ4n) is 4.56. The number of ether oxygens (including phenoxy) is 1. The van der Waals surface area contributed by atoms with Crippen LogP contribution in [-0.4, -0.2) is 51.0 Å². The first kappa shape index (κ1) is 32.2. The first-order valence-electron chi connectivity index (χ1n) is 12.9. The van der Waals surface area contributed by atoms with Gasteiger partial charge in [0, 0.05) is 66.2 Å². The van der Waals surface area contributed by atoms with Crippen LogP contribution in [0.1, 0.15) is 12.8 Å². The topological polar surface area (TPSA) is 61.9 Å². The van der Waals surface area contributed by atoms with Gasteiger partial charge in [0.15, 0.2) is 17.4 Å². The molecule has 0 radical (unpaired) electrons. The molecule has 1 saturated carbocycles. The molecular weight excluding hydrogens is 578 g/mol. The van der Waals surface area contributed by atoms with Gasteiger partial charge in [-0.2, -0.15) is 0 Å². The van der Waals surface area contributed by atoms with Gasteiger partial charge in [0.25, 0.3) is 0 Å². The molecule has 0 bridgehead atoms. The van der Waals surface area contributed by atoms with Crippen LogP contribution in [0.2, 0.25) is 5.02 Å². The van der Waals surface area contributed by atoms with Crippen LogP contribution in [0.25, 0.3) is 0 Å². The number of methoxy groups -OCH3 is 1. The van der Waals surface area contributed by atoms with Crippen molar-refractivity contribution in [2.45, 2.75) is 12.8 Å². The highest BCUT2D eigenvalue weighted by Crippen LogP contribution is 2.37. The SMILES string of the molecule is C=C(Cl)/C=C\C=C(/F)C1CN(CC2CC2)C[C@H]1C(=O)N(C)c1cc(F)c(OC)c(F)c1.O=CNc1cccc(Cl)c1. The summed E-state index contributed by atoms with van der Waals surface area (Å²) in [4.78, 5) is 26.4. The monoisotopic (exact) mass is 609 g/mol. The molecule has 4 rings (SSSR count). The predicted molar refractivity (Wildman–Crippen MR) is 157 cm³/mol. The highest BCUT2D eigenvalue weighted by atomic mass is 35.5. The Hall–Kier alpha value is -3.27. The number of hydrogen-bond donors (Lipinski definition) is 1. The zero-order chi connectivity index (χ0) is 30.1. The average molecular weight is 611 g/mol. The van der Waals surface area contributed by atoms with Gasteiger partial charge in [-0.3, -0.25) is 9.59 Å². The molecule has 11 heteroatoms. The minimum absolute atomic E-state index is 0.0444. The fraction of sp³-hybridized carbons (Fsp3) is 0.333. The standard InChI is InChI=1S/C23H26ClF3N2O2.C7H6ClNO/c1-14(24)5-4-6-19(25)17-12-29(11-15-7-8-15)13-18(17)23(30)28(2)16-9-20(26)22(31-3)21(27)10-16;8-6-2-1-3-7(4-6)9-5-10/h4-6,9-10,15,17-18H,1,7-8,11-13H2,2-3H3;1-5H,(H,9,10)/b5-4-,19-6-;/t17?,18-;/m1./s1. The van der Waals surface area contributed by atoms with E-state index in [0.717, 1.165) is 38.6 Å². The molecule has 1 aliphatic heterocycles. The Morgan fingerprint density at radius 3 is 2.41 bits per heavy atom. The number of carbonyl (C=O) groups is 2. The lowest BCUT2D eigenvalue weighted by molar-refractivity contribution is -0.122. The summed E-state index contributed by atoms with van der Waals surface area (Å²) in [6.07, 6.45) is 7.10. The number of amides is 2. The molecule has 1 N–H and O–H groups in total. The zero-order valence-electron chi connectivity index (χ0n) is 22.8. The molecule has 1 aliphatic carbocycles. The minimum Gasteiger partial charge on any atom is -0.491 e. The van der Waals surface area contributed by atoms with Crippen molar-refractivity contribution in [2.24, 2.45) is 17.8 Å². The van der Waals surface area contributed by atoms with E-state index in [-0.39, 0.29) is 10.7 Å². The van der Waals surface area contributed by atoms with Crippen molar-refractivity contribution in [1.82, 2.24) is 4.90 Å². The van der Waals surface area contributed by atoms with Crippen LogP contribution >= 0.6 is 23.2 Å². The summed E-state index contributed by atoms with van der Waals surface area (Å²) in [7, 11) is 2.60. The number of anilines is 2. The van der Waals surface area contributed by atoms with E-state index >= 15 is 0 Å². The Morgan fingerprint density at radius 1 is 1.20 bits per heavy atom. The molecule has 2 fully saturated rings. The van der Waals surface area contributed by atoms with E-state index in [4.69, 9.17) is 27.9 Å². The number of halogens is 5. The van der Waals surface area contributed by atoms with Crippen molar-refractivity contribution in [3.8, 4) is 5.75 Å². The Bertz CT molecular complexity index is 1290. The summed E-state index contributed by atoms with van der Waals surface area (Å²) in [5.74, 6) is -3.92. The Morgan fingerprint density at radius 2 is 1.85 bits per heavy atom. The lowest BCUT2D eigenvalue weighted by Gasteiger charge is -2.24. The summed E-state index contributed by atoms with van der Waals surface area (Å²) >= 11 is 11.3. The Kier molecular flexibility index (Phi) is 11.9. The van der Waals surface area contributed by atoms with Gasteiger partial charge in [-0.1, -0.05) is 41.9 Å². The molecule has 2 atom stereocenters. The Labute approximate surface area is 248 Å². The van der Waals surface area contributed by atoms with Gasteiger partial charge in [-0.25, -0.2) is 13.2 Å². The van der Waals surface area contributed by atoms with E-state index in [1.54, 1.807) is 24.3 Å². The predicted octanol–water partition coefficient (Wildman–Crippen LogP) is 6.96. The molecule has 1 heterocycles. The first-order valence-corrected chi connectivity index (χ1v) is 13.7. The second kappa shape index (κ2) is 15.1. The third-order valence-corrected chi connectivity index (χ3v) is 7.13. The molecule has 6 nitrogen and oxygen atoms in total. The van der Waals surface area contributed by atoms with E-state index in [2.05, 4.69) is 16.8 Å². The van der Waals surface area contributed by atoms with Crippen LogP contribution in [0.3, 0.4) is 0 Å². The molecule has 2 aliphatic rings. The molecule has 220 valence electrons. The maximum atomic E-state index is 15.0. The van der Waals surface area contributed by atoms with E-state index in [1.165, 1.54) is 30.2 Å². The van der Waals surface area contributed by atoms with Gasteiger partial charge in [0.05, 0.1) is 13.0 Å². The van der Waals surface area contributed by atoms with Crippen molar-refractivity contribution in [2.75, 3.05) is 44.0 Å². The number of rotatable bonds is 10. The lowest BCUT2D eigenvalue weighted by Crippen LogP contribution is -2.37. The average Bonchev–Trinajstić information content (AvgIpc) is 3.63. The molecule has 1 saturated heterocycles. The smallest absolute Gasteiger partial charge is 0.231 e. The van der Waals surface area contributed by atoms with Crippen molar-refractivity contribution in [1.29, 1.82) is 0 Å². The number of likely N-dealkylation sites (tertiary alicyclic amines) is 1. The summed E-state index contributed by atoms with van der Waals surface area (Å²) in [5.41, 5.74) is 0.755. The second-order valence-corrected chi connectivity index (χ2v) is 10.8. The van der Waals surface area contributed by atoms with Gasteiger partial charge in [-0.05, 0) is 49.1 Å². The molecule has 41 heavy (non-hydrogen) atoms. The van der Waals surface area contributed by atoms with Crippen molar-refractivity contribution >= 4 is 46.9 Å². The largest absolute Gasteiger partial charge is 0.491 e. The van der Waals surface area contributed by atoms with Crippen molar-refractivity contribution in [3.63, 3.8) is 0 Å². The van der Waals surface area contributed by atoms with Gasteiger partial charge >= 0.3 is 0 Å². The summed E-state index contributed by atoms with van der Waals surface area (Å²) < 4.78 is 47.9. The van der Waals surface area contributed by atoms with Gasteiger partial charge in [-0.15, -0.1) is 0 Å². The molecular formula is C30H32Cl2F3N3O3. The normalized spacial score (nSPS) is 19.0. The molecule has 1 unspecified atom stereocenters. The summed E-state index contributed by atoms with van der Waals surface area (Å²) in [6.45, 7) is 5.13. The molecule has 0 spiro atoms. The maximum absolute atomic E-state index is 15.0. The van der Waals surface area contributed by atoms with Gasteiger partial charge in [0.1, 0.15) is 5.83 Å². The Balaban J connectivity index is 0.000000389. The number of nitrogens with zero attached hydrogens (tertiary/aromatic N) is 2. The highest BCUT2D eigenvalue weighted by molar-refractivity contribution is 6.31. The number of benzene rings is 2. The van der Waals surface area contributed by atoms with Crippen LogP contribution in [0.4, 0.5) is 24.5 Å². The summed E-state index contributed by atoms with van der Waals surface area (Å²) in [6, 6.07) is 9.03. The van der Waals surface area contributed by atoms with Crippen molar-refractivity contribution < 1.29 is 27.5 Å².